The van der Waals surface area contributed by atoms with Gasteiger partial charge in [0.05, 0.1) is 12.5 Å². The predicted molar refractivity (Wildman–Crippen MR) is 128 cm³/mol. The quantitative estimate of drug-likeness (QED) is 0.703. The number of nitrogens with zero attached hydrogens (tertiary/aromatic N) is 3. The van der Waals surface area contributed by atoms with E-state index in [0.717, 1.165) is 43.0 Å². The lowest BCUT2D eigenvalue weighted by molar-refractivity contribution is -0.140. The van der Waals surface area contributed by atoms with Crippen molar-refractivity contribution in [2.24, 2.45) is 0 Å². The fraction of sp³-hybridized carbons (Fsp3) is 0.462. The Hall–Kier alpha value is -2.90. The molecule has 2 fully saturated rings. The van der Waals surface area contributed by atoms with E-state index < -0.39 is 6.04 Å². The van der Waals surface area contributed by atoms with Crippen molar-refractivity contribution in [2.75, 3.05) is 40.3 Å². The molecule has 2 aliphatic rings. The molecule has 0 aliphatic carbocycles. The summed E-state index contributed by atoms with van der Waals surface area (Å²) in [6, 6.07) is 17.4. The van der Waals surface area contributed by atoms with E-state index in [-0.39, 0.29) is 24.3 Å². The van der Waals surface area contributed by atoms with Crippen LogP contribution in [0.3, 0.4) is 0 Å². The molecule has 1 N–H and O–H groups in total. The highest BCUT2D eigenvalue weighted by Crippen LogP contribution is 2.24. The average Bonchev–Trinajstić information content (AvgIpc) is 2.82. The van der Waals surface area contributed by atoms with Crippen molar-refractivity contribution in [3.63, 3.8) is 0 Å². The molecular formula is C26H34N4O3. The summed E-state index contributed by atoms with van der Waals surface area (Å²) in [7, 11) is 4.00. The third-order valence-corrected chi connectivity index (χ3v) is 6.70. The number of benzene rings is 2. The molecule has 0 spiro atoms. The van der Waals surface area contributed by atoms with Crippen LogP contribution in [0.25, 0.3) is 0 Å². The number of amides is 2. The van der Waals surface area contributed by atoms with Crippen molar-refractivity contribution in [2.45, 2.75) is 37.9 Å². The van der Waals surface area contributed by atoms with Gasteiger partial charge in [-0.05, 0) is 62.8 Å². The lowest BCUT2D eigenvalue weighted by atomic mass is 10.0. The van der Waals surface area contributed by atoms with E-state index in [1.807, 2.05) is 66.5 Å². The first-order chi connectivity index (χ1) is 16.0. The van der Waals surface area contributed by atoms with Crippen LogP contribution in [-0.2, 0) is 16.1 Å². The second-order valence-corrected chi connectivity index (χ2v) is 9.08. The first-order valence-electron chi connectivity index (χ1n) is 11.8. The van der Waals surface area contributed by atoms with Gasteiger partial charge in [-0.1, -0.05) is 30.3 Å². The zero-order valence-corrected chi connectivity index (χ0v) is 19.6. The Morgan fingerprint density at radius 3 is 2.55 bits per heavy atom. The molecule has 2 amide bonds. The van der Waals surface area contributed by atoms with Crippen LogP contribution in [0.5, 0.6) is 11.5 Å². The van der Waals surface area contributed by atoms with Crippen LogP contribution in [-0.4, -0.2) is 78.9 Å². The monoisotopic (exact) mass is 450 g/mol. The number of piperazine rings is 1. The molecule has 2 aromatic rings. The van der Waals surface area contributed by atoms with E-state index in [1.54, 1.807) is 0 Å². The van der Waals surface area contributed by atoms with Crippen LogP contribution >= 0.6 is 0 Å². The molecule has 0 aromatic heterocycles. The maximum Gasteiger partial charge on any atom is 0.237 e. The number of nitrogens with one attached hydrogen (secondary N) is 1. The largest absolute Gasteiger partial charge is 0.457 e. The first-order valence-corrected chi connectivity index (χ1v) is 11.8. The molecule has 0 radical (unpaired) electrons. The Bertz CT molecular complexity index is 944. The number of para-hydroxylation sites is 1. The van der Waals surface area contributed by atoms with Gasteiger partial charge in [0.2, 0.25) is 11.8 Å². The molecule has 7 nitrogen and oxygen atoms in total. The van der Waals surface area contributed by atoms with E-state index in [9.17, 15) is 9.59 Å². The molecule has 2 aliphatic heterocycles. The van der Waals surface area contributed by atoms with Crippen LogP contribution in [0.4, 0.5) is 0 Å². The predicted octanol–water partition coefficient (Wildman–Crippen LogP) is 2.72. The van der Waals surface area contributed by atoms with Crippen molar-refractivity contribution in [1.82, 2.24) is 20.0 Å². The summed E-state index contributed by atoms with van der Waals surface area (Å²) >= 11 is 0. The van der Waals surface area contributed by atoms with E-state index in [1.165, 1.54) is 0 Å². The van der Waals surface area contributed by atoms with Gasteiger partial charge in [0, 0.05) is 32.7 Å². The maximum atomic E-state index is 13.1. The maximum absolute atomic E-state index is 13.1. The van der Waals surface area contributed by atoms with Gasteiger partial charge >= 0.3 is 0 Å². The van der Waals surface area contributed by atoms with Crippen LogP contribution in [0.1, 0.15) is 24.8 Å². The van der Waals surface area contributed by atoms with E-state index >= 15 is 0 Å². The molecule has 33 heavy (non-hydrogen) atoms. The topological polar surface area (TPSA) is 65.1 Å². The van der Waals surface area contributed by atoms with Crippen molar-refractivity contribution in [1.29, 1.82) is 0 Å². The van der Waals surface area contributed by atoms with Crippen LogP contribution in [0.2, 0.25) is 0 Å². The third-order valence-electron chi connectivity index (χ3n) is 6.70. The van der Waals surface area contributed by atoms with Gasteiger partial charge in [-0.3, -0.25) is 14.5 Å². The zero-order chi connectivity index (χ0) is 23.2. The number of rotatable bonds is 7. The summed E-state index contributed by atoms with van der Waals surface area (Å²) in [6.07, 6.45) is 2.16. The summed E-state index contributed by atoms with van der Waals surface area (Å²) in [5, 5.41) is 2.94. The van der Waals surface area contributed by atoms with Crippen LogP contribution in [0.15, 0.2) is 54.6 Å². The van der Waals surface area contributed by atoms with Crippen molar-refractivity contribution in [3.05, 3.63) is 60.2 Å². The standard InChI is InChI=1S/C26H34N4O3/c1-28-14-11-21(12-15-28)29(2)25(31)18-24-26(32)27-13-16-30(24)19-20-7-6-10-23(17-20)33-22-8-4-3-5-9-22/h3-10,17,21,24H,11-16,18-19H2,1-2H3,(H,27,32). The minimum Gasteiger partial charge on any atom is -0.457 e. The van der Waals surface area contributed by atoms with Crippen LogP contribution in [0, 0.1) is 0 Å². The molecular weight excluding hydrogens is 416 g/mol. The van der Waals surface area contributed by atoms with Crippen molar-refractivity contribution >= 4 is 11.8 Å². The number of likely N-dealkylation sites (tertiary alicyclic amines) is 1. The smallest absolute Gasteiger partial charge is 0.237 e. The lowest BCUT2D eigenvalue weighted by Gasteiger charge is -2.38. The SMILES string of the molecule is CN1CCC(N(C)C(=O)CC2C(=O)NCCN2Cc2cccc(Oc3ccccc3)c2)CC1. The number of carbonyl (C=O) groups excluding carboxylic acids is 2. The minimum atomic E-state index is -0.460. The molecule has 4 rings (SSSR count). The summed E-state index contributed by atoms with van der Waals surface area (Å²) in [6.45, 7) is 3.90. The second kappa shape index (κ2) is 10.8. The van der Waals surface area contributed by atoms with Crippen molar-refractivity contribution in [3.8, 4) is 11.5 Å². The molecule has 2 heterocycles. The molecule has 0 bridgehead atoms. The Balaban J connectivity index is 1.40. The van der Waals surface area contributed by atoms with Gasteiger partial charge < -0.3 is 19.9 Å². The molecule has 7 heteroatoms. The first kappa shape index (κ1) is 23.3. The summed E-state index contributed by atoms with van der Waals surface area (Å²) < 4.78 is 5.96. The fourth-order valence-electron chi connectivity index (χ4n) is 4.63. The molecule has 1 unspecified atom stereocenters. The lowest BCUT2D eigenvalue weighted by Crippen LogP contribution is -2.56. The Kier molecular flexibility index (Phi) is 7.62. The number of ether oxygens (including phenoxy) is 1. The normalized spacial score (nSPS) is 20.3. The zero-order valence-electron chi connectivity index (χ0n) is 19.6. The van der Waals surface area contributed by atoms with Gasteiger partial charge in [-0.15, -0.1) is 0 Å². The molecule has 0 saturated carbocycles. The number of hydrogen-bond acceptors (Lipinski definition) is 5. The third kappa shape index (κ3) is 6.12. The van der Waals surface area contributed by atoms with Crippen molar-refractivity contribution < 1.29 is 14.3 Å². The van der Waals surface area contributed by atoms with Crippen LogP contribution < -0.4 is 10.1 Å². The number of hydrogen-bond donors (Lipinski definition) is 1. The van der Waals surface area contributed by atoms with Gasteiger partial charge in [0.25, 0.3) is 0 Å². The van der Waals surface area contributed by atoms with E-state index in [4.69, 9.17) is 4.74 Å². The van der Waals surface area contributed by atoms with Gasteiger partial charge in [-0.25, -0.2) is 0 Å². The fourth-order valence-corrected chi connectivity index (χ4v) is 4.63. The summed E-state index contributed by atoms with van der Waals surface area (Å²) in [5.74, 6) is 1.52. The van der Waals surface area contributed by atoms with Gasteiger partial charge in [0.15, 0.2) is 0 Å². The van der Waals surface area contributed by atoms with E-state index in [2.05, 4.69) is 22.2 Å². The molecule has 176 valence electrons. The highest BCUT2D eigenvalue weighted by atomic mass is 16.5. The Labute approximate surface area is 196 Å². The molecule has 1 atom stereocenters. The van der Waals surface area contributed by atoms with Gasteiger partial charge in [-0.2, -0.15) is 0 Å². The molecule has 2 saturated heterocycles. The number of carbonyl (C=O) groups is 2. The highest BCUT2D eigenvalue weighted by molar-refractivity contribution is 5.88. The van der Waals surface area contributed by atoms with Gasteiger partial charge in [0.1, 0.15) is 11.5 Å². The Morgan fingerprint density at radius 1 is 1.06 bits per heavy atom. The molecule has 2 aromatic carbocycles. The summed E-state index contributed by atoms with van der Waals surface area (Å²) in [4.78, 5) is 32.1. The average molecular weight is 451 g/mol. The number of piperidine rings is 1. The highest BCUT2D eigenvalue weighted by Gasteiger charge is 2.34. The minimum absolute atomic E-state index is 0.0396. The summed E-state index contributed by atoms with van der Waals surface area (Å²) in [5.41, 5.74) is 1.05. The second-order valence-electron chi connectivity index (χ2n) is 9.08. The Morgan fingerprint density at radius 2 is 1.79 bits per heavy atom. The van der Waals surface area contributed by atoms with E-state index in [0.29, 0.717) is 19.6 Å².